The van der Waals surface area contributed by atoms with Gasteiger partial charge in [-0.15, -0.1) is 5.10 Å². The lowest BCUT2D eigenvalue weighted by atomic mass is 10.4. The zero-order valence-corrected chi connectivity index (χ0v) is 9.78. The molecule has 84 valence electrons. The van der Waals surface area contributed by atoms with Crippen LogP contribution in [0.3, 0.4) is 0 Å². The second kappa shape index (κ2) is 4.40. The Morgan fingerprint density at radius 2 is 2.38 bits per heavy atom. The van der Waals surface area contributed by atoms with Crippen LogP contribution in [0.2, 0.25) is 0 Å². The Morgan fingerprint density at radius 3 is 3.12 bits per heavy atom. The van der Waals surface area contributed by atoms with E-state index in [0.717, 1.165) is 16.3 Å². The summed E-state index contributed by atoms with van der Waals surface area (Å²) in [5.41, 5.74) is 1.41. The van der Waals surface area contributed by atoms with Crippen LogP contribution in [0.4, 0.5) is 5.00 Å². The monoisotopic (exact) mass is 237 g/mol. The van der Waals surface area contributed by atoms with Crippen molar-refractivity contribution in [2.75, 3.05) is 12.4 Å². The number of aryl methyl sites for hydroxylation is 1. The molecular weight excluding hydrogens is 226 g/mol. The normalized spacial score (nSPS) is 10.4. The van der Waals surface area contributed by atoms with E-state index in [1.54, 1.807) is 19.4 Å². The lowest BCUT2D eigenvalue weighted by molar-refractivity contribution is 0.704. The van der Waals surface area contributed by atoms with Gasteiger partial charge in [-0.1, -0.05) is 4.49 Å². The summed E-state index contributed by atoms with van der Waals surface area (Å²) in [6, 6.07) is 0. The molecule has 0 aliphatic heterocycles. The maximum atomic E-state index is 11.5. The van der Waals surface area contributed by atoms with Gasteiger partial charge in [0.25, 0.3) is 0 Å². The molecule has 0 radical (unpaired) electrons. The third kappa shape index (κ3) is 2.08. The summed E-state index contributed by atoms with van der Waals surface area (Å²) < 4.78 is 5.36. The predicted octanol–water partition coefficient (Wildman–Crippen LogP) is 0.493. The molecule has 1 N–H and O–H groups in total. The fourth-order valence-corrected chi connectivity index (χ4v) is 1.87. The van der Waals surface area contributed by atoms with Gasteiger partial charge in [-0.25, -0.2) is 9.78 Å². The van der Waals surface area contributed by atoms with E-state index in [9.17, 15) is 4.79 Å². The lowest BCUT2D eigenvalue weighted by Gasteiger charge is -2.04. The largest absolute Gasteiger partial charge is 0.377 e. The quantitative estimate of drug-likeness (QED) is 0.841. The number of anilines is 1. The molecule has 2 heterocycles. The summed E-state index contributed by atoms with van der Waals surface area (Å²) in [4.78, 5) is 15.2. The molecule has 0 atom stereocenters. The van der Waals surface area contributed by atoms with E-state index in [1.165, 1.54) is 16.1 Å². The molecule has 16 heavy (non-hydrogen) atoms. The SMILES string of the molecule is CNc1snnc1Cn1cc(C)cnc1=O. The van der Waals surface area contributed by atoms with Crippen LogP contribution < -0.4 is 11.0 Å². The molecule has 6 nitrogen and oxygen atoms in total. The Balaban J connectivity index is 2.33. The molecule has 0 unspecified atom stereocenters. The van der Waals surface area contributed by atoms with Gasteiger partial charge in [0.2, 0.25) is 0 Å². The van der Waals surface area contributed by atoms with Crippen molar-refractivity contribution < 1.29 is 0 Å². The smallest absolute Gasteiger partial charge is 0.347 e. The van der Waals surface area contributed by atoms with E-state index < -0.39 is 0 Å². The van der Waals surface area contributed by atoms with Crippen LogP contribution in [0.5, 0.6) is 0 Å². The molecular formula is C9H11N5OS. The van der Waals surface area contributed by atoms with Gasteiger partial charge in [0.05, 0.1) is 6.54 Å². The molecule has 7 heteroatoms. The fourth-order valence-electron chi connectivity index (χ4n) is 1.34. The third-order valence-electron chi connectivity index (χ3n) is 2.09. The highest BCUT2D eigenvalue weighted by Crippen LogP contribution is 2.16. The lowest BCUT2D eigenvalue weighted by Crippen LogP contribution is -2.23. The van der Waals surface area contributed by atoms with E-state index >= 15 is 0 Å². The zero-order chi connectivity index (χ0) is 11.5. The summed E-state index contributed by atoms with van der Waals surface area (Å²) in [6.07, 6.45) is 3.31. The second-order valence-electron chi connectivity index (χ2n) is 3.34. The first-order chi connectivity index (χ1) is 7.70. The molecule has 0 spiro atoms. The summed E-state index contributed by atoms with van der Waals surface area (Å²) >= 11 is 1.27. The predicted molar refractivity (Wildman–Crippen MR) is 61.8 cm³/mol. The first-order valence-corrected chi connectivity index (χ1v) is 5.50. The highest BCUT2D eigenvalue weighted by Gasteiger charge is 2.08. The van der Waals surface area contributed by atoms with Crippen LogP contribution in [0.1, 0.15) is 11.3 Å². The maximum Gasteiger partial charge on any atom is 0.347 e. The molecule has 0 saturated carbocycles. The first kappa shape index (κ1) is 10.7. The molecule has 2 rings (SSSR count). The van der Waals surface area contributed by atoms with Crippen LogP contribution in [-0.2, 0) is 6.54 Å². The molecule has 0 aromatic carbocycles. The number of nitrogens with one attached hydrogen (secondary N) is 1. The Bertz CT molecular complexity index is 547. The summed E-state index contributed by atoms with van der Waals surface area (Å²) in [6.45, 7) is 2.28. The van der Waals surface area contributed by atoms with E-state index in [-0.39, 0.29) is 5.69 Å². The number of nitrogens with zero attached hydrogens (tertiary/aromatic N) is 4. The Kier molecular flexibility index (Phi) is 2.95. The third-order valence-corrected chi connectivity index (χ3v) is 2.87. The molecule has 2 aromatic heterocycles. The molecule has 2 aromatic rings. The molecule has 0 aliphatic rings. The van der Waals surface area contributed by atoms with Crippen molar-refractivity contribution in [2.24, 2.45) is 0 Å². The van der Waals surface area contributed by atoms with Gasteiger partial charge in [-0.05, 0) is 12.5 Å². The number of hydrogen-bond donors (Lipinski definition) is 1. The highest BCUT2D eigenvalue weighted by atomic mass is 32.1. The Labute approximate surface area is 96.1 Å². The Morgan fingerprint density at radius 1 is 1.56 bits per heavy atom. The van der Waals surface area contributed by atoms with Gasteiger partial charge in [0.1, 0.15) is 10.7 Å². The minimum atomic E-state index is -0.277. The zero-order valence-electron chi connectivity index (χ0n) is 8.97. The van der Waals surface area contributed by atoms with Crippen LogP contribution in [0.25, 0.3) is 0 Å². The van der Waals surface area contributed by atoms with E-state index in [2.05, 4.69) is 19.9 Å². The summed E-state index contributed by atoms with van der Waals surface area (Å²) in [7, 11) is 1.80. The molecule has 0 amide bonds. The van der Waals surface area contributed by atoms with Crippen LogP contribution >= 0.6 is 11.5 Å². The van der Waals surface area contributed by atoms with Crippen molar-refractivity contribution in [1.29, 1.82) is 0 Å². The van der Waals surface area contributed by atoms with Crippen molar-refractivity contribution in [2.45, 2.75) is 13.5 Å². The van der Waals surface area contributed by atoms with Gasteiger partial charge in [0, 0.05) is 31.0 Å². The second-order valence-corrected chi connectivity index (χ2v) is 4.09. The Hall–Kier alpha value is -1.76. The summed E-state index contributed by atoms with van der Waals surface area (Å²) in [5.74, 6) is 0. The van der Waals surface area contributed by atoms with E-state index in [4.69, 9.17) is 0 Å². The number of aromatic nitrogens is 4. The summed E-state index contributed by atoms with van der Waals surface area (Å²) in [5, 5.41) is 7.83. The molecule has 0 saturated heterocycles. The van der Waals surface area contributed by atoms with E-state index in [0.29, 0.717) is 6.54 Å². The van der Waals surface area contributed by atoms with Gasteiger partial charge in [-0.2, -0.15) is 0 Å². The van der Waals surface area contributed by atoms with Crippen LogP contribution in [-0.4, -0.2) is 26.2 Å². The minimum absolute atomic E-state index is 0.277. The first-order valence-electron chi connectivity index (χ1n) is 4.73. The van der Waals surface area contributed by atoms with Crippen LogP contribution in [0, 0.1) is 6.92 Å². The van der Waals surface area contributed by atoms with E-state index in [1.807, 2.05) is 6.92 Å². The maximum absolute atomic E-state index is 11.5. The van der Waals surface area contributed by atoms with Crippen molar-refractivity contribution in [3.8, 4) is 0 Å². The average molecular weight is 237 g/mol. The fraction of sp³-hybridized carbons (Fsp3) is 0.333. The van der Waals surface area contributed by atoms with Gasteiger partial charge < -0.3 is 5.32 Å². The van der Waals surface area contributed by atoms with Gasteiger partial charge >= 0.3 is 5.69 Å². The molecule has 0 aliphatic carbocycles. The van der Waals surface area contributed by atoms with Crippen molar-refractivity contribution in [3.63, 3.8) is 0 Å². The van der Waals surface area contributed by atoms with Crippen molar-refractivity contribution in [1.82, 2.24) is 19.1 Å². The molecule has 0 fully saturated rings. The number of hydrogen-bond acceptors (Lipinski definition) is 6. The average Bonchev–Trinajstić information content (AvgIpc) is 2.71. The van der Waals surface area contributed by atoms with Gasteiger partial charge in [-0.3, -0.25) is 4.57 Å². The van der Waals surface area contributed by atoms with Crippen molar-refractivity contribution in [3.05, 3.63) is 34.1 Å². The standard InChI is InChI=1S/C9H11N5OS/c1-6-3-11-9(15)14(4-6)5-7-8(10-2)16-13-12-7/h3-4,10H,5H2,1-2H3. The van der Waals surface area contributed by atoms with Crippen molar-refractivity contribution >= 4 is 16.5 Å². The van der Waals surface area contributed by atoms with Crippen LogP contribution in [0.15, 0.2) is 17.2 Å². The topological polar surface area (TPSA) is 72.7 Å². The number of rotatable bonds is 3. The molecule has 0 bridgehead atoms. The minimum Gasteiger partial charge on any atom is -0.377 e. The highest BCUT2D eigenvalue weighted by molar-refractivity contribution is 7.10. The van der Waals surface area contributed by atoms with Gasteiger partial charge in [0.15, 0.2) is 0 Å².